The van der Waals surface area contributed by atoms with Crippen molar-refractivity contribution < 1.29 is 9.53 Å². The molecular formula is C22H20N4O2. The van der Waals surface area contributed by atoms with Gasteiger partial charge in [0.15, 0.2) is 11.3 Å². The third-order valence-electron chi connectivity index (χ3n) is 4.56. The van der Waals surface area contributed by atoms with Gasteiger partial charge in [-0.3, -0.25) is 4.79 Å². The van der Waals surface area contributed by atoms with E-state index in [-0.39, 0.29) is 5.91 Å². The summed E-state index contributed by atoms with van der Waals surface area (Å²) in [7, 11) is 0. The Morgan fingerprint density at radius 3 is 2.79 bits per heavy atom. The molecule has 0 unspecified atom stereocenters. The summed E-state index contributed by atoms with van der Waals surface area (Å²) < 4.78 is 5.87. The van der Waals surface area contributed by atoms with Gasteiger partial charge < -0.3 is 9.64 Å². The highest BCUT2D eigenvalue weighted by Crippen LogP contribution is 2.18. The molecule has 0 atom stereocenters. The minimum absolute atomic E-state index is 0.178. The SMILES string of the molecule is Cc1ccc(C#Cc2nc3ncccc3nc2OCCN2CCCC2=O)cc1. The van der Waals surface area contributed by atoms with Crippen LogP contribution in [0.3, 0.4) is 0 Å². The minimum atomic E-state index is 0.178. The number of carbonyl (C=O) groups excluding carboxylic acids is 1. The molecule has 4 rings (SSSR count). The van der Waals surface area contributed by atoms with Gasteiger partial charge in [-0.05, 0) is 43.5 Å². The number of nitrogens with zero attached hydrogens (tertiary/aromatic N) is 4. The third-order valence-corrected chi connectivity index (χ3v) is 4.56. The van der Waals surface area contributed by atoms with Gasteiger partial charge in [0, 0.05) is 24.7 Å². The average molecular weight is 372 g/mol. The zero-order valence-electron chi connectivity index (χ0n) is 15.7. The van der Waals surface area contributed by atoms with Crippen LogP contribution in [0.25, 0.3) is 11.2 Å². The smallest absolute Gasteiger partial charge is 0.249 e. The van der Waals surface area contributed by atoms with Crippen LogP contribution in [0.15, 0.2) is 42.6 Å². The Morgan fingerprint density at radius 1 is 1.14 bits per heavy atom. The number of hydrogen-bond acceptors (Lipinski definition) is 5. The maximum Gasteiger partial charge on any atom is 0.249 e. The second kappa shape index (κ2) is 8.05. The van der Waals surface area contributed by atoms with Crippen LogP contribution in [0.5, 0.6) is 5.88 Å². The Hall–Kier alpha value is -3.46. The number of amides is 1. The Morgan fingerprint density at radius 2 is 2.00 bits per heavy atom. The van der Waals surface area contributed by atoms with E-state index in [0.29, 0.717) is 42.3 Å². The molecule has 0 saturated carbocycles. The number of aromatic nitrogens is 3. The summed E-state index contributed by atoms with van der Waals surface area (Å²) in [5.41, 5.74) is 3.69. The number of rotatable bonds is 4. The highest BCUT2D eigenvalue weighted by molar-refractivity contribution is 5.78. The molecule has 0 aliphatic carbocycles. The molecule has 0 bridgehead atoms. The van der Waals surface area contributed by atoms with E-state index in [1.807, 2.05) is 42.2 Å². The van der Waals surface area contributed by atoms with E-state index >= 15 is 0 Å². The summed E-state index contributed by atoms with van der Waals surface area (Å²) in [6, 6.07) is 11.6. The van der Waals surface area contributed by atoms with Gasteiger partial charge in [-0.2, -0.15) is 0 Å². The van der Waals surface area contributed by atoms with Crippen molar-refractivity contribution in [1.82, 2.24) is 19.9 Å². The van der Waals surface area contributed by atoms with Gasteiger partial charge in [-0.25, -0.2) is 15.0 Å². The van der Waals surface area contributed by atoms with Crippen LogP contribution in [0.4, 0.5) is 0 Å². The summed E-state index contributed by atoms with van der Waals surface area (Å²) in [6.45, 7) is 3.71. The summed E-state index contributed by atoms with van der Waals surface area (Å²) in [4.78, 5) is 26.9. The van der Waals surface area contributed by atoms with Gasteiger partial charge in [0.25, 0.3) is 0 Å². The molecular weight excluding hydrogens is 352 g/mol. The molecule has 0 radical (unpaired) electrons. The van der Waals surface area contributed by atoms with Crippen molar-refractivity contribution in [2.24, 2.45) is 0 Å². The van der Waals surface area contributed by atoms with Crippen LogP contribution in [0.2, 0.25) is 0 Å². The number of carbonyl (C=O) groups is 1. The van der Waals surface area contributed by atoms with Crippen LogP contribution in [0.1, 0.15) is 29.7 Å². The van der Waals surface area contributed by atoms with E-state index in [9.17, 15) is 4.79 Å². The second-order valence-electron chi connectivity index (χ2n) is 6.67. The van der Waals surface area contributed by atoms with Crippen molar-refractivity contribution >= 4 is 17.1 Å². The molecule has 1 aromatic carbocycles. The molecule has 6 nitrogen and oxygen atoms in total. The first kappa shape index (κ1) is 17.9. The highest BCUT2D eigenvalue weighted by Gasteiger charge is 2.20. The van der Waals surface area contributed by atoms with E-state index < -0.39 is 0 Å². The van der Waals surface area contributed by atoms with Crippen LogP contribution in [-0.2, 0) is 4.79 Å². The third kappa shape index (κ3) is 4.09. The summed E-state index contributed by atoms with van der Waals surface area (Å²) in [6.07, 6.45) is 3.20. The maximum atomic E-state index is 11.8. The molecule has 0 spiro atoms. The predicted molar refractivity (Wildman–Crippen MR) is 106 cm³/mol. The van der Waals surface area contributed by atoms with Crippen molar-refractivity contribution in [3.63, 3.8) is 0 Å². The van der Waals surface area contributed by atoms with Crippen molar-refractivity contribution in [1.29, 1.82) is 0 Å². The molecule has 1 saturated heterocycles. The zero-order chi connectivity index (χ0) is 19.3. The average Bonchev–Trinajstić information content (AvgIpc) is 3.12. The quantitative estimate of drug-likeness (QED) is 0.659. The maximum absolute atomic E-state index is 11.8. The monoisotopic (exact) mass is 372 g/mol. The highest BCUT2D eigenvalue weighted by atomic mass is 16.5. The zero-order valence-corrected chi connectivity index (χ0v) is 15.7. The Labute approximate surface area is 163 Å². The van der Waals surface area contributed by atoms with Crippen molar-refractivity contribution in [2.75, 3.05) is 19.7 Å². The van der Waals surface area contributed by atoms with E-state index in [0.717, 1.165) is 18.5 Å². The molecule has 1 aliphatic heterocycles. The molecule has 1 fully saturated rings. The van der Waals surface area contributed by atoms with E-state index in [1.165, 1.54) is 5.56 Å². The number of aryl methyl sites for hydroxylation is 1. The number of hydrogen-bond donors (Lipinski definition) is 0. The lowest BCUT2D eigenvalue weighted by Crippen LogP contribution is -2.29. The molecule has 1 amide bonds. The van der Waals surface area contributed by atoms with Crippen LogP contribution < -0.4 is 4.74 Å². The normalized spacial score (nSPS) is 13.5. The summed E-state index contributed by atoms with van der Waals surface area (Å²) >= 11 is 0. The molecule has 140 valence electrons. The first-order valence-electron chi connectivity index (χ1n) is 9.31. The molecule has 2 aromatic heterocycles. The van der Waals surface area contributed by atoms with Gasteiger partial charge in [-0.15, -0.1) is 0 Å². The topological polar surface area (TPSA) is 68.2 Å². The van der Waals surface area contributed by atoms with Gasteiger partial charge in [0.05, 0.1) is 6.54 Å². The standard InChI is InChI=1S/C22H20N4O2/c1-16-6-8-17(9-7-16)10-11-19-22(25-18-4-2-12-23-21(18)24-19)28-15-14-26-13-3-5-20(26)27/h2,4,6-9,12H,3,5,13-15H2,1H3. The van der Waals surface area contributed by atoms with E-state index in [1.54, 1.807) is 12.3 Å². The van der Waals surface area contributed by atoms with Crippen LogP contribution in [-0.4, -0.2) is 45.5 Å². The predicted octanol–water partition coefficient (Wildman–Crippen LogP) is 2.73. The van der Waals surface area contributed by atoms with Crippen molar-refractivity contribution in [2.45, 2.75) is 19.8 Å². The number of benzene rings is 1. The van der Waals surface area contributed by atoms with Crippen LogP contribution in [0, 0.1) is 18.8 Å². The molecule has 0 N–H and O–H groups in total. The minimum Gasteiger partial charge on any atom is -0.474 e. The van der Waals surface area contributed by atoms with Gasteiger partial charge in [0.2, 0.25) is 11.8 Å². The van der Waals surface area contributed by atoms with Gasteiger partial charge in [-0.1, -0.05) is 23.6 Å². The van der Waals surface area contributed by atoms with Gasteiger partial charge in [0.1, 0.15) is 12.1 Å². The summed E-state index contributed by atoms with van der Waals surface area (Å²) in [5, 5.41) is 0. The molecule has 3 aromatic rings. The largest absolute Gasteiger partial charge is 0.474 e. The Balaban J connectivity index is 1.59. The lowest BCUT2D eigenvalue weighted by Gasteiger charge is -2.15. The fourth-order valence-electron chi connectivity index (χ4n) is 3.02. The van der Waals surface area contributed by atoms with E-state index in [2.05, 4.69) is 26.8 Å². The lowest BCUT2D eigenvalue weighted by molar-refractivity contribution is -0.128. The first-order chi connectivity index (χ1) is 13.7. The van der Waals surface area contributed by atoms with Crippen molar-refractivity contribution in [3.8, 4) is 17.7 Å². The fraction of sp³-hybridized carbons (Fsp3) is 0.273. The molecule has 28 heavy (non-hydrogen) atoms. The van der Waals surface area contributed by atoms with E-state index in [4.69, 9.17) is 4.74 Å². The number of fused-ring (bicyclic) bond motifs is 1. The number of ether oxygens (including phenoxy) is 1. The Bertz CT molecular complexity index is 1070. The number of likely N-dealkylation sites (tertiary alicyclic amines) is 1. The van der Waals surface area contributed by atoms with Crippen LogP contribution >= 0.6 is 0 Å². The fourth-order valence-corrected chi connectivity index (χ4v) is 3.02. The lowest BCUT2D eigenvalue weighted by atomic mass is 10.1. The summed E-state index contributed by atoms with van der Waals surface area (Å²) in [5.74, 6) is 6.71. The molecule has 1 aliphatic rings. The molecule has 6 heteroatoms. The molecule has 3 heterocycles. The van der Waals surface area contributed by atoms with Gasteiger partial charge >= 0.3 is 0 Å². The number of pyridine rings is 1. The van der Waals surface area contributed by atoms with Crippen molar-refractivity contribution in [3.05, 3.63) is 59.4 Å². The Kier molecular flexibility index (Phi) is 5.16. The first-order valence-corrected chi connectivity index (χ1v) is 9.31. The second-order valence-corrected chi connectivity index (χ2v) is 6.67.